The summed E-state index contributed by atoms with van der Waals surface area (Å²) in [5, 5.41) is 8.55. The van der Waals surface area contributed by atoms with E-state index in [0.717, 1.165) is 30.1 Å². The van der Waals surface area contributed by atoms with E-state index in [4.69, 9.17) is 5.26 Å². The number of allylic oxidation sites excluding steroid dienone is 4. The number of hydrogen-bond donors (Lipinski definition) is 0. The van der Waals surface area contributed by atoms with Crippen molar-refractivity contribution in [2.75, 3.05) is 0 Å². The Balaban J connectivity index is 1.27. The maximum atomic E-state index is 8.55. The Kier molecular flexibility index (Phi) is 9.75. The summed E-state index contributed by atoms with van der Waals surface area (Å²) in [5.41, 5.74) is 2.97. The van der Waals surface area contributed by atoms with Crippen molar-refractivity contribution >= 4 is 0 Å². The van der Waals surface area contributed by atoms with E-state index in [-0.39, 0.29) is 0 Å². The Morgan fingerprint density at radius 3 is 2.10 bits per heavy atom. The van der Waals surface area contributed by atoms with Crippen molar-refractivity contribution in [1.29, 1.82) is 5.26 Å². The van der Waals surface area contributed by atoms with Gasteiger partial charge < -0.3 is 0 Å². The lowest BCUT2D eigenvalue weighted by atomic mass is 9.68. The van der Waals surface area contributed by atoms with Gasteiger partial charge in [0.25, 0.3) is 0 Å². The highest BCUT2D eigenvalue weighted by atomic mass is 14.4. The summed E-state index contributed by atoms with van der Waals surface area (Å²) in [6, 6.07) is 11.3. The second-order valence-electron chi connectivity index (χ2n) is 9.74. The molecule has 162 valence electrons. The number of benzene rings is 1. The van der Waals surface area contributed by atoms with Crippen molar-refractivity contribution in [3.8, 4) is 6.07 Å². The molecule has 30 heavy (non-hydrogen) atoms. The summed E-state index contributed by atoms with van der Waals surface area (Å²) < 4.78 is 0. The second-order valence-corrected chi connectivity index (χ2v) is 9.74. The van der Waals surface area contributed by atoms with Crippen LogP contribution in [0, 0.1) is 35.0 Å². The molecule has 0 spiro atoms. The molecule has 0 amide bonds. The van der Waals surface area contributed by atoms with Gasteiger partial charge in [-0.25, -0.2) is 0 Å². The van der Waals surface area contributed by atoms with Crippen LogP contribution in [0.2, 0.25) is 0 Å². The number of unbranched alkanes of at least 4 members (excludes halogenated alkanes) is 1. The Hall–Kier alpha value is -1.81. The van der Waals surface area contributed by atoms with E-state index in [9.17, 15) is 0 Å². The molecule has 0 heterocycles. The molecule has 1 heteroatoms. The van der Waals surface area contributed by atoms with Gasteiger partial charge in [0.1, 0.15) is 0 Å². The largest absolute Gasteiger partial charge is 0.193 e. The number of rotatable bonds is 9. The molecule has 1 aromatic rings. The minimum Gasteiger partial charge on any atom is -0.193 e. The standard InChI is InChI=1S/C29H41N/c1-2-24-11-13-25(14-12-24)9-5-6-10-27-17-21-29(22-18-27)28-19-15-26(16-20-28)8-4-3-7-23-30/h3-4,7-8,11-14,26-29H,2,5-6,9-10,15-22H2,1H3. The molecule has 2 aliphatic carbocycles. The maximum absolute atomic E-state index is 8.55. The van der Waals surface area contributed by atoms with Crippen molar-refractivity contribution in [3.63, 3.8) is 0 Å². The predicted molar refractivity (Wildman–Crippen MR) is 128 cm³/mol. The fraction of sp³-hybridized carbons (Fsp3) is 0.621. The van der Waals surface area contributed by atoms with E-state index in [2.05, 4.69) is 49.4 Å². The molecule has 0 radical (unpaired) electrons. The van der Waals surface area contributed by atoms with Crippen molar-refractivity contribution in [3.05, 3.63) is 59.7 Å². The van der Waals surface area contributed by atoms with Crippen LogP contribution in [0.5, 0.6) is 0 Å². The van der Waals surface area contributed by atoms with Crippen LogP contribution in [0.4, 0.5) is 0 Å². The van der Waals surface area contributed by atoms with Crippen LogP contribution in [-0.2, 0) is 12.8 Å². The van der Waals surface area contributed by atoms with Gasteiger partial charge in [0.15, 0.2) is 0 Å². The van der Waals surface area contributed by atoms with E-state index in [0.29, 0.717) is 0 Å². The molecule has 1 nitrogen and oxygen atoms in total. The van der Waals surface area contributed by atoms with Gasteiger partial charge >= 0.3 is 0 Å². The summed E-state index contributed by atoms with van der Waals surface area (Å²) in [5.74, 6) is 3.71. The van der Waals surface area contributed by atoms with Gasteiger partial charge in [0.2, 0.25) is 0 Å². The van der Waals surface area contributed by atoms with Gasteiger partial charge in [-0.1, -0.05) is 75.1 Å². The van der Waals surface area contributed by atoms with Gasteiger partial charge in [0.05, 0.1) is 6.07 Å². The molecule has 3 rings (SSSR count). The number of nitrogens with zero attached hydrogens (tertiary/aromatic N) is 1. The van der Waals surface area contributed by atoms with E-state index in [1.807, 2.05) is 6.08 Å². The van der Waals surface area contributed by atoms with Crippen LogP contribution in [0.3, 0.4) is 0 Å². The lowest BCUT2D eigenvalue weighted by molar-refractivity contribution is 0.151. The highest BCUT2D eigenvalue weighted by Crippen LogP contribution is 2.42. The quantitative estimate of drug-likeness (QED) is 0.231. The predicted octanol–water partition coefficient (Wildman–Crippen LogP) is 8.21. The molecule has 0 bridgehead atoms. The van der Waals surface area contributed by atoms with Gasteiger partial charge in [-0.3, -0.25) is 0 Å². The third-order valence-corrected chi connectivity index (χ3v) is 7.80. The van der Waals surface area contributed by atoms with E-state index in [1.54, 1.807) is 6.08 Å². The lowest BCUT2D eigenvalue weighted by Gasteiger charge is -2.37. The van der Waals surface area contributed by atoms with E-state index < -0.39 is 0 Å². The molecule has 2 fully saturated rings. The fourth-order valence-electron chi connectivity index (χ4n) is 5.78. The van der Waals surface area contributed by atoms with Crippen LogP contribution >= 0.6 is 0 Å². The summed E-state index contributed by atoms with van der Waals surface area (Å²) in [6.45, 7) is 2.23. The number of hydrogen-bond acceptors (Lipinski definition) is 1. The summed E-state index contributed by atoms with van der Waals surface area (Å²) in [6.07, 6.45) is 25.9. The van der Waals surface area contributed by atoms with Crippen LogP contribution in [0.1, 0.15) is 88.7 Å². The Morgan fingerprint density at radius 2 is 1.47 bits per heavy atom. The minimum atomic E-state index is 0.735. The number of nitriles is 1. The first-order chi connectivity index (χ1) is 14.8. The first-order valence-corrected chi connectivity index (χ1v) is 12.6. The summed E-state index contributed by atoms with van der Waals surface area (Å²) >= 11 is 0. The molecule has 0 atom stereocenters. The van der Waals surface area contributed by atoms with Gasteiger partial charge in [-0.05, 0) is 92.6 Å². The first-order valence-electron chi connectivity index (χ1n) is 12.6. The molecule has 0 N–H and O–H groups in total. The van der Waals surface area contributed by atoms with Crippen molar-refractivity contribution in [2.24, 2.45) is 23.7 Å². The molecule has 0 saturated heterocycles. The molecule has 2 aliphatic rings. The zero-order valence-electron chi connectivity index (χ0n) is 19.1. The zero-order chi connectivity index (χ0) is 21.0. The van der Waals surface area contributed by atoms with Crippen LogP contribution in [0.25, 0.3) is 0 Å². The fourth-order valence-corrected chi connectivity index (χ4v) is 5.78. The Morgan fingerprint density at radius 1 is 0.833 bits per heavy atom. The zero-order valence-corrected chi connectivity index (χ0v) is 19.1. The number of aryl methyl sites for hydroxylation is 2. The first kappa shape index (κ1) is 22.9. The highest BCUT2D eigenvalue weighted by molar-refractivity contribution is 5.22. The molecular formula is C29H41N. The van der Waals surface area contributed by atoms with E-state index >= 15 is 0 Å². The van der Waals surface area contributed by atoms with Gasteiger partial charge in [0, 0.05) is 6.08 Å². The SMILES string of the molecule is CCc1ccc(CCCCC2CCC(C3CCC(C=CC=CC#N)CC3)CC2)cc1. The minimum absolute atomic E-state index is 0.735. The van der Waals surface area contributed by atoms with Crippen LogP contribution < -0.4 is 0 Å². The van der Waals surface area contributed by atoms with Crippen molar-refractivity contribution in [1.82, 2.24) is 0 Å². The molecule has 2 saturated carbocycles. The maximum Gasteiger partial charge on any atom is 0.0912 e. The van der Waals surface area contributed by atoms with Crippen molar-refractivity contribution < 1.29 is 0 Å². The molecular weight excluding hydrogens is 362 g/mol. The van der Waals surface area contributed by atoms with Gasteiger partial charge in [-0.15, -0.1) is 0 Å². The normalized spacial score (nSPS) is 27.5. The molecule has 0 unspecified atom stereocenters. The van der Waals surface area contributed by atoms with Gasteiger partial charge in [-0.2, -0.15) is 5.26 Å². The molecule has 0 aromatic heterocycles. The highest BCUT2D eigenvalue weighted by Gasteiger charge is 2.30. The summed E-state index contributed by atoms with van der Waals surface area (Å²) in [7, 11) is 0. The molecule has 0 aliphatic heterocycles. The average molecular weight is 404 g/mol. The van der Waals surface area contributed by atoms with Crippen molar-refractivity contribution in [2.45, 2.75) is 90.4 Å². The molecule has 1 aromatic carbocycles. The monoisotopic (exact) mass is 403 g/mol. The average Bonchev–Trinajstić information content (AvgIpc) is 2.81. The Bertz CT molecular complexity index is 689. The lowest BCUT2D eigenvalue weighted by Crippen LogP contribution is -2.25. The summed E-state index contributed by atoms with van der Waals surface area (Å²) in [4.78, 5) is 0. The third-order valence-electron chi connectivity index (χ3n) is 7.80. The third kappa shape index (κ3) is 7.46. The Labute approximate surface area is 185 Å². The second kappa shape index (κ2) is 12.8. The van der Waals surface area contributed by atoms with Crippen LogP contribution in [0.15, 0.2) is 48.6 Å². The smallest absolute Gasteiger partial charge is 0.0912 e. The topological polar surface area (TPSA) is 23.8 Å². The van der Waals surface area contributed by atoms with E-state index in [1.165, 1.54) is 88.2 Å². The van der Waals surface area contributed by atoms with Crippen LogP contribution in [-0.4, -0.2) is 0 Å².